The average molecular weight is 424 g/mol. The zero-order valence-corrected chi connectivity index (χ0v) is 18.0. The molecule has 1 aliphatic rings. The van der Waals surface area contributed by atoms with E-state index in [1.807, 2.05) is 32.0 Å². The highest BCUT2D eigenvalue weighted by atomic mass is 16.5. The number of carbonyl (C=O) groups excluding carboxylic acids is 3. The largest absolute Gasteiger partial charge is 0.480 e. The Balaban J connectivity index is 1.90. The number of carbonyl (C=O) groups is 3. The summed E-state index contributed by atoms with van der Waals surface area (Å²) in [5.41, 5.74) is 6.72. The van der Waals surface area contributed by atoms with Crippen LogP contribution >= 0.6 is 0 Å². The van der Waals surface area contributed by atoms with Crippen molar-refractivity contribution in [1.82, 2.24) is 4.90 Å². The maximum absolute atomic E-state index is 13.5. The first kappa shape index (κ1) is 22.5. The fourth-order valence-electron chi connectivity index (χ4n) is 3.54. The molecule has 2 N–H and O–H groups in total. The lowest BCUT2D eigenvalue weighted by Crippen LogP contribution is -2.58. The van der Waals surface area contributed by atoms with Gasteiger partial charge in [0.15, 0.2) is 6.10 Å². The van der Waals surface area contributed by atoms with E-state index in [-0.39, 0.29) is 12.3 Å². The number of imide groups is 1. The lowest BCUT2D eigenvalue weighted by Gasteiger charge is -2.32. The second-order valence-corrected chi connectivity index (χ2v) is 8.13. The first-order valence-corrected chi connectivity index (χ1v) is 10.4. The third-order valence-corrected chi connectivity index (χ3v) is 5.03. The molecule has 1 unspecified atom stereocenters. The van der Waals surface area contributed by atoms with Crippen molar-refractivity contribution in [3.05, 3.63) is 60.2 Å². The summed E-state index contributed by atoms with van der Waals surface area (Å²) in [6, 6.07) is 13.8. The van der Waals surface area contributed by atoms with Gasteiger partial charge in [-0.05, 0) is 43.0 Å². The van der Waals surface area contributed by atoms with Gasteiger partial charge >= 0.3 is 5.97 Å². The molecular weight excluding hydrogens is 396 g/mol. The number of rotatable bonds is 7. The van der Waals surface area contributed by atoms with Crippen molar-refractivity contribution < 1.29 is 23.9 Å². The summed E-state index contributed by atoms with van der Waals surface area (Å²) in [7, 11) is 0. The number of fused-ring (bicyclic) bond motifs is 1. The van der Waals surface area contributed by atoms with Crippen molar-refractivity contribution in [2.75, 3.05) is 0 Å². The summed E-state index contributed by atoms with van der Waals surface area (Å²) in [6.07, 6.45) is -0.339. The van der Waals surface area contributed by atoms with E-state index in [9.17, 15) is 14.4 Å². The molecule has 3 atom stereocenters. The van der Waals surface area contributed by atoms with Gasteiger partial charge in [-0.15, -0.1) is 0 Å². The number of esters is 1. The van der Waals surface area contributed by atoms with Crippen LogP contribution in [0.4, 0.5) is 0 Å². The van der Waals surface area contributed by atoms with Crippen LogP contribution in [0.25, 0.3) is 0 Å². The van der Waals surface area contributed by atoms with E-state index in [0.717, 1.165) is 10.5 Å². The predicted molar refractivity (Wildman–Crippen MR) is 115 cm³/mol. The van der Waals surface area contributed by atoms with E-state index < -0.39 is 36.0 Å². The van der Waals surface area contributed by atoms with Gasteiger partial charge in [-0.1, -0.05) is 50.2 Å². The van der Waals surface area contributed by atoms with Gasteiger partial charge in [0.25, 0.3) is 5.91 Å². The molecule has 1 heterocycles. The average Bonchev–Trinajstić information content (AvgIpc) is 3.17. The minimum absolute atomic E-state index is 0.0196. The smallest absolute Gasteiger partial charge is 0.334 e. The number of para-hydroxylation sites is 2. The van der Waals surface area contributed by atoms with Gasteiger partial charge in [0.1, 0.15) is 17.5 Å². The van der Waals surface area contributed by atoms with Crippen molar-refractivity contribution in [2.45, 2.75) is 51.8 Å². The summed E-state index contributed by atoms with van der Waals surface area (Å²) in [5, 5.41) is 0. The summed E-state index contributed by atoms with van der Waals surface area (Å²) < 4.78 is 11.3. The Labute approximate surface area is 182 Å². The number of nitrogens with zero attached hydrogens (tertiary/aromatic N) is 1. The number of benzene rings is 2. The van der Waals surface area contributed by atoms with Gasteiger partial charge in [0, 0.05) is 6.42 Å². The zero-order chi connectivity index (χ0) is 22.5. The van der Waals surface area contributed by atoms with Crippen LogP contribution in [0.5, 0.6) is 11.5 Å². The van der Waals surface area contributed by atoms with E-state index in [0.29, 0.717) is 17.9 Å². The van der Waals surface area contributed by atoms with Crippen LogP contribution in [0.3, 0.4) is 0 Å². The Kier molecular flexibility index (Phi) is 7.07. The summed E-state index contributed by atoms with van der Waals surface area (Å²) in [6.45, 7) is 5.30. The minimum atomic E-state index is -1.11. The molecule has 2 aromatic carbocycles. The van der Waals surface area contributed by atoms with E-state index in [4.69, 9.17) is 15.2 Å². The van der Waals surface area contributed by atoms with Crippen LogP contribution in [-0.4, -0.2) is 40.9 Å². The maximum atomic E-state index is 13.5. The molecule has 0 radical (unpaired) electrons. The first-order chi connectivity index (χ1) is 14.8. The number of nitrogens with two attached hydrogens (primary N) is 1. The Bertz CT molecular complexity index is 917. The van der Waals surface area contributed by atoms with Crippen molar-refractivity contribution in [2.24, 2.45) is 11.7 Å². The second-order valence-electron chi connectivity index (χ2n) is 8.13. The molecule has 7 heteroatoms. The van der Waals surface area contributed by atoms with Crippen molar-refractivity contribution >= 4 is 17.8 Å². The molecule has 2 amide bonds. The molecule has 2 aromatic rings. The number of hydrogen-bond acceptors (Lipinski definition) is 6. The highest BCUT2D eigenvalue weighted by Gasteiger charge is 2.42. The molecule has 0 bridgehead atoms. The molecule has 0 aliphatic carbocycles. The highest BCUT2D eigenvalue weighted by molar-refractivity contribution is 6.03. The minimum Gasteiger partial charge on any atom is -0.480 e. The molecular formula is C24H28N2O5. The van der Waals surface area contributed by atoms with E-state index in [1.54, 1.807) is 36.4 Å². The zero-order valence-electron chi connectivity index (χ0n) is 18.0. The fraction of sp³-hybridized carbons (Fsp3) is 0.375. The molecule has 7 nitrogen and oxygen atoms in total. The third kappa shape index (κ3) is 5.30. The SMILES string of the molecule is CC(C)C[C@@H](C(=O)Oc1ccccc1)N(C(=O)C1Cc2ccccc2O1)C(=O)[C@H](C)N. The monoisotopic (exact) mass is 424 g/mol. The molecule has 0 saturated heterocycles. The molecule has 0 fully saturated rings. The van der Waals surface area contributed by atoms with Crippen molar-refractivity contribution in [3.63, 3.8) is 0 Å². The molecule has 0 spiro atoms. The van der Waals surface area contributed by atoms with E-state index in [2.05, 4.69) is 0 Å². The maximum Gasteiger partial charge on any atom is 0.334 e. The summed E-state index contributed by atoms with van der Waals surface area (Å²) in [4.78, 5) is 40.5. The standard InChI is InChI=1S/C24H28N2O5/c1-15(2)13-19(24(29)30-18-10-5-4-6-11-18)26(22(27)16(3)25)23(28)21-14-17-9-7-8-12-20(17)31-21/h4-12,15-16,19,21H,13-14,25H2,1-3H3/t16-,19-,21?/m0/s1. The normalized spacial score (nSPS) is 16.7. The van der Waals surface area contributed by atoms with Crippen LogP contribution < -0.4 is 15.2 Å². The quantitative estimate of drug-likeness (QED) is 0.542. The predicted octanol–water partition coefficient (Wildman–Crippen LogP) is 2.71. The van der Waals surface area contributed by atoms with Crippen LogP contribution in [0.15, 0.2) is 54.6 Å². The Morgan fingerprint density at radius 2 is 1.71 bits per heavy atom. The Hall–Kier alpha value is -3.19. The van der Waals surface area contributed by atoms with Gasteiger partial charge in [-0.3, -0.25) is 14.5 Å². The van der Waals surface area contributed by atoms with Gasteiger partial charge in [-0.25, -0.2) is 4.79 Å². The molecule has 1 aliphatic heterocycles. The summed E-state index contributed by atoms with van der Waals surface area (Å²) in [5.74, 6) is -0.953. The van der Waals surface area contributed by atoms with Gasteiger partial charge in [0.05, 0.1) is 6.04 Å². The highest BCUT2D eigenvalue weighted by Crippen LogP contribution is 2.30. The number of amides is 2. The van der Waals surface area contributed by atoms with Crippen molar-refractivity contribution in [3.8, 4) is 11.5 Å². The topological polar surface area (TPSA) is 98.9 Å². The van der Waals surface area contributed by atoms with Gasteiger partial charge < -0.3 is 15.2 Å². The van der Waals surface area contributed by atoms with Crippen LogP contribution in [0.2, 0.25) is 0 Å². The molecule has 164 valence electrons. The van der Waals surface area contributed by atoms with Crippen LogP contribution in [0, 0.1) is 5.92 Å². The second kappa shape index (κ2) is 9.75. The number of ether oxygens (including phenoxy) is 2. The van der Waals surface area contributed by atoms with Crippen LogP contribution in [0.1, 0.15) is 32.8 Å². The lowest BCUT2D eigenvalue weighted by molar-refractivity contribution is -0.160. The summed E-state index contributed by atoms with van der Waals surface area (Å²) >= 11 is 0. The van der Waals surface area contributed by atoms with Gasteiger partial charge in [-0.2, -0.15) is 0 Å². The molecule has 0 aromatic heterocycles. The Morgan fingerprint density at radius 3 is 2.32 bits per heavy atom. The fourth-order valence-corrected chi connectivity index (χ4v) is 3.54. The van der Waals surface area contributed by atoms with Crippen molar-refractivity contribution in [1.29, 1.82) is 0 Å². The van der Waals surface area contributed by atoms with E-state index in [1.165, 1.54) is 6.92 Å². The third-order valence-electron chi connectivity index (χ3n) is 5.03. The van der Waals surface area contributed by atoms with E-state index >= 15 is 0 Å². The lowest BCUT2D eigenvalue weighted by atomic mass is 10.00. The molecule has 0 saturated carbocycles. The number of hydrogen-bond donors (Lipinski definition) is 1. The van der Waals surface area contributed by atoms with Gasteiger partial charge in [0.2, 0.25) is 5.91 Å². The molecule has 31 heavy (non-hydrogen) atoms. The first-order valence-electron chi connectivity index (χ1n) is 10.4. The molecule has 3 rings (SSSR count). The Morgan fingerprint density at radius 1 is 1.06 bits per heavy atom. The van der Waals surface area contributed by atoms with Crippen LogP contribution in [-0.2, 0) is 20.8 Å².